The molecule has 9 heteroatoms. The molecule has 0 aliphatic carbocycles. The fraction of sp³-hybridized carbons (Fsp3) is 0.263. The molecule has 5 nitrogen and oxygen atoms in total. The Morgan fingerprint density at radius 3 is 2.54 bits per heavy atom. The van der Waals surface area contributed by atoms with E-state index in [1.54, 1.807) is 12.1 Å². The summed E-state index contributed by atoms with van der Waals surface area (Å²) in [6.07, 6.45) is 0.839. The number of carbonyl (C=O) groups is 2. The molecule has 2 aromatic rings. The van der Waals surface area contributed by atoms with Crippen LogP contribution in [0.3, 0.4) is 0 Å². The van der Waals surface area contributed by atoms with Gasteiger partial charge in [0.25, 0.3) is 0 Å². The Hall–Kier alpha value is -2.38. The number of nitrogens with one attached hydrogen (secondary N) is 3. The van der Waals surface area contributed by atoms with Crippen molar-refractivity contribution in [3.63, 3.8) is 0 Å². The fourth-order valence-corrected chi connectivity index (χ4v) is 3.26. The maximum atomic E-state index is 14.6. The lowest BCUT2D eigenvalue weighted by molar-refractivity contribution is -0.123. The maximum absolute atomic E-state index is 14.6. The van der Waals surface area contributed by atoms with E-state index in [0.29, 0.717) is 17.9 Å². The predicted molar refractivity (Wildman–Crippen MR) is 102 cm³/mol. The molecule has 2 aromatic carbocycles. The molecule has 1 aliphatic heterocycles. The minimum Gasteiger partial charge on any atom is -0.347 e. The zero-order chi connectivity index (χ0) is 20.3. The van der Waals surface area contributed by atoms with E-state index in [1.165, 1.54) is 6.07 Å². The Balaban J connectivity index is 1.80. The van der Waals surface area contributed by atoms with Crippen molar-refractivity contribution in [3.8, 4) is 0 Å². The molecule has 3 amide bonds. The molecule has 0 spiro atoms. The summed E-state index contributed by atoms with van der Waals surface area (Å²) in [5.41, 5.74) is 1.01. The van der Waals surface area contributed by atoms with E-state index in [9.17, 15) is 18.4 Å². The van der Waals surface area contributed by atoms with E-state index in [2.05, 4.69) is 16.0 Å². The first-order valence-electron chi connectivity index (χ1n) is 8.57. The average molecular weight is 428 g/mol. The standard InChI is InChI=1S/C19H17Cl2F2N3O2/c20-11-4-1-10(2-5-11)3-8-14(12-6-7-13(22)16(21)17(12)23)25-18(27)15-9-24-19(28)26-15/h1-2,4-7,14-15H,3,8-9H2,(H,25,27)(H2,24,26,28)/t14?,15-/m0/s1. The van der Waals surface area contributed by atoms with E-state index >= 15 is 0 Å². The van der Waals surface area contributed by atoms with Crippen LogP contribution in [0, 0.1) is 11.6 Å². The molecule has 0 aromatic heterocycles. The summed E-state index contributed by atoms with van der Waals surface area (Å²) in [6.45, 7) is 0.126. The number of amides is 3. The molecular weight excluding hydrogens is 411 g/mol. The Labute approximate surface area is 170 Å². The summed E-state index contributed by atoms with van der Waals surface area (Å²) in [5, 5.41) is 7.65. The zero-order valence-corrected chi connectivity index (χ0v) is 16.1. The third-order valence-corrected chi connectivity index (χ3v) is 5.08. The lowest BCUT2D eigenvalue weighted by Crippen LogP contribution is -2.44. The van der Waals surface area contributed by atoms with E-state index < -0.39 is 40.7 Å². The number of halogens is 4. The van der Waals surface area contributed by atoms with Crippen LogP contribution in [0.5, 0.6) is 0 Å². The SMILES string of the molecule is O=C1NC[C@@H](C(=O)NC(CCc2ccc(Cl)cc2)c2ccc(F)c(Cl)c2F)N1. The van der Waals surface area contributed by atoms with Crippen molar-refractivity contribution in [2.24, 2.45) is 0 Å². The van der Waals surface area contributed by atoms with Gasteiger partial charge in [-0.2, -0.15) is 0 Å². The van der Waals surface area contributed by atoms with Gasteiger partial charge in [-0.25, -0.2) is 13.6 Å². The highest BCUT2D eigenvalue weighted by molar-refractivity contribution is 6.31. The average Bonchev–Trinajstić information content (AvgIpc) is 3.11. The van der Waals surface area contributed by atoms with Crippen LogP contribution < -0.4 is 16.0 Å². The molecule has 0 bridgehead atoms. The van der Waals surface area contributed by atoms with Gasteiger partial charge in [-0.05, 0) is 36.6 Å². The summed E-state index contributed by atoms with van der Waals surface area (Å²) in [5.74, 6) is -2.27. The number of rotatable bonds is 6. The third kappa shape index (κ3) is 4.72. The number of carbonyl (C=O) groups excluding carboxylic acids is 2. The molecule has 1 unspecified atom stereocenters. The Morgan fingerprint density at radius 1 is 1.18 bits per heavy atom. The van der Waals surface area contributed by atoms with Crippen LogP contribution in [0.2, 0.25) is 10.0 Å². The smallest absolute Gasteiger partial charge is 0.315 e. The zero-order valence-electron chi connectivity index (χ0n) is 14.6. The molecule has 0 radical (unpaired) electrons. The van der Waals surface area contributed by atoms with Gasteiger partial charge in [0, 0.05) is 17.1 Å². The minimum absolute atomic E-state index is 0.0750. The summed E-state index contributed by atoms with van der Waals surface area (Å²) in [7, 11) is 0. The van der Waals surface area contributed by atoms with Crippen molar-refractivity contribution in [2.45, 2.75) is 24.9 Å². The highest BCUT2D eigenvalue weighted by Crippen LogP contribution is 2.29. The summed E-state index contributed by atoms with van der Waals surface area (Å²) >= 11 is 11.6. The first kappa shape index (κ1) is 20.4. The molecular formula is C19H17Cl2F2N3O2. The van der Waals surface area contributed by atoms with Crippen LogP contribution in [-0.2, 0) is 11.2 Å². The molecule has 28 heavy (non-hydrogen) atoms. The van der Waals surface area contributed by atoms with Crippen LogP contribution in [0.25, 0.3) is 0 Å². The lowest BCUT2D eigenvalue weighted by Gasteiger charge is -2.22. The topological polar surface area (TPSA) is 70.2 Å². The first-order valence-corrected chi connectivity index (χ1v) is 9.33. The molecule has 148 valence electrons. The normalized spacial score (nSPS) is 17.0. The predicted octanol–water partition coefficient (Wildman–Crippen LogP) is 3.74. The number of aryl methyl sites for hydroxylation is 1. The van der Waals surface area contributed by atoms with Crippen molar-refractivity contribution in [3.05, 3.63) is 69.2 Å². The molecule has 1 heterocycles. The van der Waals surface area contributed by atoms with Gasteiger partial charge in [0.05, 0.1) is 6.04 Å². The quantitative estimate of drug-likeness (QED) is 0.614. The maximum Gasteiger partial charge on any atom is 0.315 e. The third-order valence-electron chi connectivity index (χ3n) is 4.48. The molecule has 3 rings (SSSR count). The van der Waals surface area contributed by atoms with Crippen molar-refractivity contribution < 1.29 is 18.4 Å². The van der Waals surface area contributed by atoms with Gasteiger partial charge in [-0.1, -0.05) is 41.4 Å². The molecule has 0 saturated carbocycles. The van der Waals surface area contributed by atoms with Gasteiger partial charge in [0.1, 0.15) is 22.7 Å². The van der Waals surface area contributed by atoms with Gasteiger partial charge in [-0.15, -0.1) is 0 Å². The second kappa shape index (κ2) is 8.75. The van der Waals surface area contributed by atoms with Crippen molar-refractivity contribution in [2.75, 3.05) is 6.54 Å². The monoisotopic (exact) mass is 427 g/mol. The second-order valence-electron chi connectivity index (χ2n) is 6.40. The number of hydrogen-bond acceptors (Lipinski definition) is 2. The first-order chi connectivity index (χ1) is 13.3. The Kier molecular flexibility index (Phi) is 6.36. The fourth-order valence-electron chi connectivity index (χ4n) is 2.96. The highest BCUT2D eigenvalue weighted by atomic mass is 35.5. The summed E-state index contributed by atoms with van der Waals surface area (Å²) in [6, 6.07) is 7.46. The summed E-state index contributed by atoms with van der Waals surface area (Å²) in [4.78, 5) is 23.7. The Bertz CT molecular complexity index is 893. The highest BCUT2D eigenvalue weighted by Gasteiger charge is 2.29. The van der Waals surface area contributed by atoms with Crippen molar-refractivity contribution in [1.82, 2.24) is 16.0 Å². The van der Waals surface area contributed by atoms with Gasteiger partial charge < -0.3 is 16.0 Å². The van der Waals surface area contributed by atoms with E-state index in [1.807, 2.05) is 12.1 Å². The number of benzene rings is 2. The van der Waals surface area contributed by atoms with E-state index in [4.69, 9.17) is 23.2 Å². The van der Waals surface area contributed by atoms with Gasteiger partial charge >= 0.3 is 6.03 Å². The molecule has 3 N–H and O–H groups in total. The summed E-state index contributed by atoms with van der Waals surface area (Å²) < 4.78 is 28.1. The van der Waals surface area contributed by atoms with Crippen molar-refractivity contribution in [1.29, 1.82) is 0 Å². The van der Waals surface area contributed by atoms with Gasteiger partial charge in [-0.3, -0.25) is 4.79 Å². The number of hydrogen-bond donors (Lipinski definition) is 3. The lowest BCUT2D eigenvalue weighted by atomic mass is 9.98. The van der Waals surface area contributed by atoms with Crippen LogP contribution in [0.1, 0.15) is 23.6 Å². The van der Waals surface area contributed by atoms with Crippen LogP contribution >= 0.6 is 23.2 Å². The van der Waals surface area contributed by atoms with Crippen LogP contribution in [0.15, 0.2) is 36.4 Å². The van der Waals surface area contributed by atoms with E-state index in [-0.39, 0.29) is 12.1 Å². The number of urea groups is 1. The minimum atomic E-state index is -0.920. The molecule has 1 aliphatic rings. The Morgan fingerprint density at radius 2 is 1.89 bits per heavy atom. The largest absolute Gasteiger partial charge is 0.347 e. The van der Waals surface area contributed by atoms with E-state index in [0.717, 1.165) is 11.6 Å². The molecule has 1 saturated heterocycles. The van der Waals surface area contributed by atoms with Gasteiger partial charge in [0.15, 0.2) is 0 Å². The van der Waals surface area contributed by atoms with Crippen LogP contribution in [-0.4, -0.2) is 24.5 Å². The van der Waals surface area contributed by atoms with Crippen molar-refractivity contribution >= 4 is 35.1 Å². The molecule has 1 fully saturated rings. The second-order valence-corrected chi connectivity index (χ2v) is 7.21. The van der Waals surface area contributed by atoms with Crippen LogP contribution in [0.4, 0.5) is 13.6 Å². The van der Waals surface area contributed by atoms with Gasteiger partial charge in [0.2, 0.25) is 5.91 Å². The molecule has 2 atom stereocenters.